The van der Waals surface area contributed by atoms with Gasteiger partial charge in [-0.1, -0.05) is 115 Å². The molecule has 14 nitrogen and oxygen atoms in total. The van der Waals surface area contributed by atoms with Gasteiger partial charge in [-0.3, -0.25) is 9.59 Å². The molecule has 85 heavy (non-hydrogen) atoms. The molecule has 0 bridgehead atoms. The Morgan fingerprint density at radius 3 is 1.56 bits per heavy atom. The van der Waals surface area contributed by atoms with Crippen LogP contribution in [0.3, 0.4) is 0 Å². The van der Waals surface area contributed by atoms with Gasteiger partial charge < -0.3 is 40.5 Å². The lowest BCUT2D eigenvalue weighted by molar-refractivity contribution is -0.116. The van der Waals surface area contributed by atoms with E-state index in [-0.39, 0.29) is 23.7 Å². The number of aryl methyl sites for hydroxylation is 2. The minimum atomic E-state index is -0.00819. The molecule has 2 saturated heterocycles. The van der Waals surface area contributed by atoms with E-state index < -0.39 is 0 Å². The van der Waals surface area contributed by atoms with Gasteiger partial charge in [0.25, 0.3) is 0 Å². The summed E-state index contributed by atoms with van der Waals surface area (Å²) in [5.41, 5.74) is 16.6. The lowest BCUT2D eigenvalue weighted by Crippen LogP contribution is -2.22. The molecule has 6 aromatic carbocycles. The Balaban J connectivity index is 0.000000178. The lowest BCUT2D eigenvalue weighted by atomic mass is 9.78. The average Bonchev–Trinajstić information content (AvgIpc) is 3.41. The van der Waals surface area contributed by atoms with Gasteiger partial charge in [-0.25, -0.2) is 19.9 Å². The highest BCUT2D eigenvalue weighted by atomic mass is 16.5. The molecule has 438 valence electrons. The molecule has 0 spiro atoms. The standard InChI is InChI=1S/C37H43N5O3.C34H37N5O/c1-44-33-14-7-10-27(36(33)45-2)11-8-15-34(43)40-29-18-16-26(17-19-29)32-24-28-25-39-37(38-20-9-23-42-21-5-6-22-42)41-35(28)31-13-4-3-12-30(31)32;1-24-9-11-25(12-10-24)21-32(40)37-28-15-13-26(14-16-28)31-22-27-23-36-34(35-17-6-20-39-18-4-5-19-39)38-33(27)30-8-3-2-7-29(30)31/h3-4,7,10,12-14,16-19,25,32H,5-6,8-9,11,15,20-24H2,1-2H3,(H,40,43)(H,38,39,41);2-3,7-16,23,31H,4-6,17-22H2,1H3,(H,37,40)(H,35,36,38). The van der Waals surface area contributed by atoms with Gasteiger partial charge in [0.1, 0.15) is 0 Å². The highest BCUT2D eigenvalue weighted by Crippen LogP contribution is 2.44. The van der Waals surface area contributed by atoms with Gasteiger partial charge >= 0.3 is 0 Å². The molecule has 8 aromatic rings. The Bertz CT molecular complexity index is 3530. The summed E-state index contributed by atoms with van der Waals surface area (Å²) in [5, 5.41) is 13.0. The number of para-hydroxylation sites is 1. The Hall–Kier alpha value is -8.46. The van der Waals surface area contributed by atoms with E-state index in [1.807, 2.05) is 86.0 Å². The van der Waals surface area contributed by atoms with E-state index in [4.69, 9.17) is 19.4 Å². The zero-order chi connectivity index (χ0) is 58.3. The Labute approximate surface area is 501 Å². The van der Waals surface area contributed by atoms with E-state index in [2.05, 4.69) is 114 Å². The van der Waals surface area contributed by atoms with E-state index in [0.29, 0.717) is 36.9 Å². The van der Waals surface area contributed by atoms with Crippen LogP contribution in [0.25, 0.3) is 22.5 Å². The van der Waals surface area contributed by atoms with Gasteiger partial charge in [0.05, 0.1) is 32.0 Å². The second-order valence-electron chi connectivity index (χ2n) is 23.0. The molecule has 2 atom stereocenters. The molecule has 2 unspecified atom stereocenters. The zero-order valence-electron chi connectivity index (χ0n) is 49.5. The van der Waals surface area contributed by atoms with E-state index in [0.717, 1.165) is 109 Å². The van der Waals surface area contributed by atoms with E-state index >= 15 is 0 Å². The number of carbonyl (C=O) groups is 2. The fourth-order valence-electron chi connectivity index (χ4n) is 12.6. The number of aromatic nitrogens is 4. The van der Waals surface area contributed by atoms with Crippen LogP contribution >= 0.6 is 0 Å². The number of carbonyl (C=O) groups excluding carboxylic acids is 2. The molecule has 2 aromatic heterocycles. The van der Waals surface area contributed by atoms with Gasteiger partial charge in [0, 0.05) is 66.2 Å². The molecule has 4 N–H and O–H groups in total. The van der Waals surface area contributed by atoms with Crippen LogP contribution in [0.2, 0.25) is 0 Å². The van der Waals surface area contributed by atoms with Crippen LogP contribution in [0.4, 0.5) is 23.3 Å². The highest BCUT2D eigenvalue weighted by Gasteiger charge is 2.29. The fourth-order valence-corrected chi connectivity index (χ4v) is 12.6. The summed E-state index contributed by atoms with van der Waals surface area (Å²) < 4.78 is 10.9. The molecule has 12 rings (SSSR count). The van der Waals surface area contributed by atoms with Crippen LogP contribution < -0.4 is 30.7 Å². The summed E-state index contributed by atoms with van der Waals surface area (Å²) in [7, 11) is 3.27. The number of methoxy groups -OCH3 is 2. The monoisotopic (exact) mass is 1140 g/mol. The number of anilines is 4. The lowest BCUT2D eigenvalue weighted by Gasteiger charge is -2.27. The van der Waals surface area contributed by atoms with Crippen LogP contribution in [0, 0.1) is 6.92 Å². The van der Waals surface area contributed by atoms with Crippen molar-refractivity contribution in [3.05, 3.63) is 202 Å². The first kappa shape index (κ1) is 58.3. The smallest absolute Gasteiger partial charge is 0.228 e. The largest absolute Gasteiger partial charge is 0.493 e. The van der Waals surface area contributed by atoms with Crippen molar-refractivity contribution in [3.8, 4) is 34.0 Å². The van der Waals surface area contributed by atoms with E-state index in [1.165, 1.54) is 90.8 Å². The van der Waals surface area contributed by atoms with Crippen LogP contribution in [0.1, 0.15) is 113 Å². The van der Waals surface area contributed by atoms with Crippen molar-refractivity contribution in [2.45, 2.75) is 95.8 Å². The SMILES string of the molecule is COc1cccc(CCCC(=O)Nc2ccc(C3Cc4cnc(NCCCN5CCCC5)nc4-c4ccccc43)cc2)c1OC.Cc1ccc(CC(=O)Nc2ccc(C3Cc4cnc(NCCCN5CCCC5)nc4-c4ccccc43)cc2)cc1. The average molecular weight is 1140 g/mol. The molecular formula is C71H80N10O4. The molecule has 4 heterocycles. The second kappa shape index (κ2) is 28.4. The van der Waals surface area contributed by atoms with Crippen LogP contribution in [0.5, 0.6) is 11.5 Å². The Morgan fingerprint density at radius 1 is 0.553 bits per heavy atom. The van der Waals surface area contributed by atoms with Gasteiger partial charge in [-0.15, -0.1) is 0 Å². The number of hydrogen-bond donors (Lipinski definition) is 4. The molecule has 2 fully saturated rings. The number of nitrogens with zero attached hydrogens (tertiary/aromatic N) is 6. The van der Waals surface area contributed by atoms with Crippen molar-refractivity contribution in [3.63, 3.8) is 0 Å². The summed E-state index contributed by atoms with van der Waals surface area (Å²) in [6.45, 7) is 11.0. The first-order valence-corrected chi connectivity index (χ1v) is 30.6. The predicted molar refractivity (Wildman–Crippen MR) is 341 cm³/mol. The maximum Gasteiger partial charge on any atom is 0.228 e. The minimum Gasteiger partial charge on any atom is -0.493 e. The van der Waals surface area contributed by atoms with Crippen molar-refractivity contribution in [2.75, 3.05) is 87.8 Å². The maximum atomic E-state index is 12.8. The molecule has 4 aliphatic rings. The number of likely N-dealkylation sites (tertiary alicyclic amines) is 2. The predicted octanol–water partition coefficient (Wildman–Crippen LogP) is 12.9. The Morgan fingerprint density at radius 2 is 1.06 bits per heavy atom. The molecule has 0 saturated carbocycles. The third kappa shape index (κ3) is 14.9. The minimum absolute atomic E-state index is 0.000778. The van der Waals surface area contributed by atoms with Crippen molar-refractivity contribution >= 4 is 35.1 Å². The maximum absolute atomic E-state index is 12.8. The summed E-state index contributed by atoms with van der Waals surface area (Å²) in [6, 6.07) is 47.6. The number of nitrogens with one attached hydrogen (secondary N) is 4. The third-order valence-corrected chi connectivity index (χ3v) is 17.0. The summed E-state index contributed by atoms with van der Waals surface area (Å²) in [6.07, 6.45) is 15.4. The third-order valence-electron chi connectivity index (χ3n) is 17.0. The van der Waals surface area contributed by atoms with Crippen LogP contribution in [0.15, 0.2) is 152 Å². The molecule has 2 amide bonds. The highest BCUT2D eigenvalue weighted by molar-refractivity contribution is 5.92. The van der Waals surface area contributed by atoms with Crippen molar-refractivity contribution in [1.82, 2.24) is 29.7 Å². The fraction of sp³-hybridized carbons (Fsp3) is 0.352. The zero-order valence-corrected chi connectivity index (χ0v) is 49.5. The molecular weight excluding hydrogens is 1060 g/mol. The van der Waals surface area contributed by atoms with Gasteiger partial charge in [0.15, 0.2) is 11.5 Å². The molecule has 14 heteroatoms. The summed E-state index contributed by atoms with van der Waals surface area (Å²) >= 11 is 0. The second-order valence-corrected chi connectivity index (χ2v) is 23.0. The number of hydrogen-bond acceptors (Lipinski definition) is 12. The van der Waals surface area contributed by atoms with E-state index in [9.17, 15) is 9.59 Å². The Kier molecular flexibility index (Phi) is 19.5. The van der Waals surface area contributed by atoms with Crippen LogP contribution in [-0.4, -0.2) is 108 Å². The van der Waals surface area contributed by atoms with Gasteiger partial charge in [-0.05, 0) is 185 Å². The van der Waals surface area contributed by atoms with Gasteiger partial charge in [0.2, 0.25) is 23.7 Å². The summed E-state index contributed by atoms with van der Waals surface area (Å²) in [4.78, 5) is 49.7. The van der Waals surface area contributed by atoms with Crippen molar-refractivity contribution in [1.29, 1.82) is 0 Å². The first-order valence-electron chi connectivity index (χ1n) is 30.6. The quantitative estimate of drug-likeness (QED) is 0.0477. The van der Waals surface area contributed by atoms with Crippen molar-refractivity contribution < 1.29 is 19.1 Å². The van der Waals surface area contributed by atoms with Crippen molar-refractivity contribution in [2.24, 2.45) is 0 Å². The first-order chi connectivity index (χ1) is 41.7. The topological polar surface area (TPSA) is 159 Å². The number of rotatable bonds is 22. The number of amides is 2. The number of ether oxygens (including phenoxy) is 2. The number of fused-ring (bicyclic) bond motifs is 6. The van der Waals surface area contributed by atoms with Gasteiger partial charge in [-0.2, -0.15) is 0 Å². The summed E-state index contributed by atoms with van der Waals surface area (Å²) in [5.74, 6) is 3.24. The molecule has 0 radical (unpaired) electrons. The molecule has 2 aliphatic heterocycles. The van der Waals surface area contributed by atoms with E-state index in [1.54, 1.807) is 14.2 Å². The van der Waals surface area contributed by atoms with Crippen LogP contribution in [-0.2, 0) is 35.3 Å². The molecule has 2 aliphatic carbocycles. The number of benzene rings is 6. The normalized spacial score (nSPS) is 15.9.